The molecule has 0 N–H and O–H groups in total. The van der Waals surface area contributed by atoms with Crippen molar-refractivity contribution in [3.63, 3.8) is 0 Å². The number of esters is 1. The first-order chi connectivity index (χ1) is 12.1. The molecule has 7 heteroatoms. The molecular formula is C18H17ClO5S. The van der Waals surface area contributed by atoms with E-state index in [1.54, 1.807) is 30.0 Å². The zero-order valence-corrected chi connectivity index (χ0v) is 15.4. The van der Waals surface area contributed by atoms with Gasteiger partial charge in [-0.3, -0.25) is 0 Å². The molecule has 0 unspecified atom stereocenters. The Balaban J connectivity index is 1.78. The maximum absolute atomic E-state index is 12.4. The highest BCUT2D eigenvalue weighted by Crippen LogP contribution is 2.32. The molecule has 0 fully saturated rings. The molecule has 0 spiro atoms. The van der Waals surface area contributed by atoms with E-state index in [4.69, 9.17) is 30.5 Å². The Bertz CT molecular complexity index is 793. The van der Waals surface area contributed by atoms with Crippen molar-refractivity contribution in [2.45, 2.75) is 18.1 Å². The van der Waals surface area contributed by atoms with Crippen LogP contribution in [0.15, 0.2) is 35.2 Å². The van der Waals surface area contributed by atoms with E-state index in [0.717, 1.165) is 10.5 Å². The second kappa shape index (κ2) is 7.99. The lowest BCUT2D eigenvalue weighted by atomic mass is 10.1. The lowest BCUT2D eigenvalue weighted by molar-refractivity contribution is -0.0180. The topological polar surface area (TPSA) is 54.0 Å². The van der Waals surface area contributed by atoms with Crippen LogP contribution < -0.4 is 9.47 Å². The maximum atomic E-state index is 12.4. The van der Waals surface area contributed by atoms with Crippen LogP contribution in [0.25, 0.3) is 0 Å². The van der Waals surface area contributed by atoms with Crippen molar-refractivity contribution in [2.24, 2.45) is 0 Å². The molecular weight excluding hydrogens is 364 g/mol. The van der Waals surface area contributed by atoms with Crippen LogP contribution >= 0.6 is 23.4 Å². The number of halogens is 1. The van der Waals surface area contributed by atoms with Crippen LogP contribution in [0.2, 0.25) is 5.02 Å². The number of hydrogen-bond acceptors (Lipinski definition) is 6. The zero-order chi connectivity index (χ0) is 17.8. The number of thioether (sulfide) groups is 1. The molecule has 5 nitrogen and oxygen atoms in total. The van der Waals surface area contributed by atoms with Crippen LogP contribution in [-0.4, -0.2) is 26.1 Å². The Labute approximate surface area is 155 Å². The predicted molar refractivity (Wildman–Crippen MR) is 95.6 cm³/mol. The SMILES string of the molecule is COc1cc(SC)ccc1C(=O)OCc1cc(Cl)cc2c1OCOC2. The summed E-state index contributed by atoms with van der Waals surface area (Å²) in [6, 6.07) is 8.87. The first-order valence-electron chi connectivity index (χ1n) is 7.53. The molecule has 132 valence electrons. The minimum absolute atomic E-state index is 0.0508. The van der Waals surface area contributed by atoms with Crippen molar-refractivity contribution in [1.29, 1.82) is 0 Å². The quantitative estimate of drug-likeness (QED) is 0.569. The number of ether oxygens (including phenoxy) is 4. The van der Waals surface area contributed by atoms with E-state index >= 15 is 0 Å². The monoisotopic (exact) mass is 380 g/mol. The molecule has 1 aliphatic rings. The molecule has 0 saturated carbocycles. The van der Waals surface area contributed by atoms with Crippen molar-refractivity contribution in [3.8, 4) is 11.5 Å². The fraction of sp³-hybridized carbons (Fsp3) is 0.278. The van der Waals surface area contributed by atoms with Gasteiger partial charge in [0.15, 0.2) is 6.79 Å². The summed E-state index contributed by atoms with van der Waals surface area (Å²) in [4.78, 5) is 13.4. The van der Waals surface area contributed by atoms with E-state index in [9.17, 15) is 4.79 Å². The van der Waals surface area contributed by atoms with E-state index in [2.05, 4.69) is 0 Å². The number of benzene rings is 2. The summed E-state index contributed by atoms with van der Waals surface area (Å²) in [6.45, 7) is 0.634. The predicted octanol–water partition coefficient (Wildman–Crippen LogP) is 4.29. The highest BCUT2D eigenvalue weighted by molar-refractivity contribution is 7.98. The van der Waals surface area contributed by atoms with Gasteiger partial charge in [0.05, 0.1) is 13.7 Å². The lowest BCUT2D eigenvalue weighted by Gasteiger charge is -2.21. The van der Waals surface area contributed by atoms with Crippen molar-refractivity contribution < 1.29 is 23.7 Å². The molecule has 1 heterocycles. The van der Waals surface area contributed by atoms with Crippen LogP contribution in [0.5, 0.6) is 11.5 Å². The molecule has 0 aromatic heterocycles. The minimum atomic E-state index is -0.467. The normalized spacial score (nSPS) is 12.9. The molecule has 0 aliphatic carbocycles. The summed E-state index contributed by atoms with van der Waals surface area (Å²) < 4.78 is 21.5. The smallest absolute Gasteiger partial charge is 0.342 e. The summed E-state index contributed by atoms with van der Waals surface area (Å²) in [5.41, 5.74) is 1.92. The third-order valence-electron chi connectivity index (χ3n) is 3.74. The zero-order valence-electron chi connectivity index (χ0n) is 13.8. The highest BCUT2D eigenvalue weighted by Gasteiger charge is 2.19. The van der Waals surface area contributed by atoms with E-state index < -0.39 is 5.97 Å². The molecule has 2 aromatic rings. The number of methoxy groups -OCH3 is 1. The average Bonchev–Trinajstić information content (AvgIpc) is 2.65. The van der Waals surface area contributed by atoms with Gasteiger partial charge in [-0.1, -0.05) is 11.6 Å². The van der Waals surface area contributed by atoms with Gasteiger partial charge in [-0.2, -0.15) is 0 Å². The number of hydrogen-bond donors (Lipinski definition) is 0. The molecule has 0 atom stereocenters. The molecule has 2 aromatic carbocycles. The van der Waals surface area contributed by atoms with Gasteiger partial charge >= 0.3 is 5.97 Å². The molecule has 0 bridgehead atoms. The van der Waals surface area contributed by atoms with Gasteiger partial charge in [0.2, 0.25) is 0 Å². The fourth-order valence-corrected chi connectivity index (χ4v) is 3.24. The first-order valence-corrected chi connectivity index (χ1v) is 9.13. The van der Waals surface area contributed by atoms with Crippen LogP contribution in [0, 0.1) is 0 Å². The van der Waals surface area contributed by atoms with Gasteiger partial charge in [0, 0.05) is 21.0 Å². The van der Waals surface area contributed by atoms with Crippen LogP contribution in [0.1, 0.15) is 21.5 Å². The first kappa shape index (κ1) is 17.9. The Hall–Kier alpha value is -1.89. The second-order valence-electron chi connectivity index (χ2n) is 5.31. The van der Waals surface area contributed by atoms with Crippen LogP contribution in [0.3, 0.4) is 0 Å². The molecule has 0 saturated heterocycles. The van der Waals surface area contributed by atoms with Crippen LogP contribution in [0.4, 0.5) is 0 Å². The number of carbonyl (C=O) groups is 1. The van der Waals surface area contributed by atoms with Gasteiger partial charge in [-0.15, -0.1) is 11.8 Å². The van der Waals surface area contributed by atoms with Crippen molar-refractivity contribution in [3.05, 3.63) is 52.0 Å². The highest BCUT2D eigenvalue weighted by atomic mass is 35.5. The largest absolute Gasteiger partial charge is 0.496 e. The Kier molecular flexibility index (Phi) is 5.73. The Morgan fingerprint density at radius 1 is 1.32 bits per heavy atom. The number of rotatable bonds is 5. The summed E-state index contributed by atoms with van der Waals surface area (Å²) in [5.74, 6) is 0.674. The third-order valence-corrected chi connectivity index (χ3v) is 4.68. The third kappa shape index (κ3) is 4.03. The molecule has 25 heavy (non-hydrogen) atoms. The van der Waals surface area contributed by atoms with Gasteiger partial charge in [-0.25, -0.2) is 4.79 Å². The number of carbonyl (C=O) groups excluding carboxylic acids is 1. The van der Waals surface area contributed by atoms with E-state index in [1.807, 2.05) is 18.4 Å². The van der Waals surface area contributed by atoms with Crippen LogP contribution in [-0.2, 0) is 22.7 Å². The van der Waals surface area contributed by atoms with E-state index in [1.165, 1.54) is 7.11 Å². The van der Waals surface area contributed by atoms with Gasteiger partial charge in [0.25, 0.3) is 0 Å². The molecule has 1 aliphatic heterocycles. The summed E-state index contributed by atoms with van der Waals surface area (Å²) in [6.07, 6.45) is 1.96. The standard InChI is InChI=1S/C18H17ClO5S/c1-21-16-7-14(25-2)3-4-15(16)18(20)23-9-12-6-13(19)5-11-8-22-10-24-17(11)12/h3-7H,8-10H2,1-2H3. The number of fused-ring (bicyclic) bond motifs is 1. The van der Waals surface area contributed by atoms with Crippen molar-refractivity contribution >= 4 is 29.3 Å². The van der Waals surface area contributed by atoms with Gasteiger partial charge < -0.3 is 18.9 Å². The summed E-state index contributed by atoms with van der Waals surface area (Å²) in [5, 5.41) is 0.542. The van der Waals surface area contributed by atoms with E-state index in [-0.39, 0.29) is 13.4 Å². The Morgan fingerprint density at radius 2 is 2.16 bits per heavy atom. The van der Waals surface area contributed by atoms with Gasteiger partial charge in [-0.05, 0) is 36.6 Å². The minimum Gasteiger partial charge on any atom is -0.496 e. The maximum Gasteiger partial charge on any atom is 0.342 e. The molecule has 3 rings (SSSR count). The summed E-state index contributed by atoms with van der Waals surface area (Å²) in [7, 11) is 1.53. The summed E-state index contributed by atoms with van der Waals surface area (Å²) >= 11 is 7.69. The van der Waals surface area contributed by atoms with Gasteiger partial charge in [0.1, 0.15) is 23.7 Å². The Morgan fingerprint density at radius 3 is 2.92 bits per heavy atom. The lowest BCUT2D eigenvalue weighted by Crippen LogP contribution is -2.14. The molecule has 0 amide bonds. The average molecular weight is 381 g/mol. The van der Waals surface area contributed by atoms with Crippen molar-refractivity contribution in [1.82, 2.24) is 0 Å². The fourth-order valence-electron chi connectivity index (χ4n) is 2.55. The van der Waals surface area contributed by atoms with Crippen molar-refractivity contribution in [2.75, 3.05) is 20.2 Å². The second-order valence-corrected chi connectivity index (χ2v) is 6.62. The molecule has 0 radical (unpaired) electrons. The van der Waals surface area contributed by atoms with E-state index in [0.29, 0.717) is 34.3 Å².